The SMILES string of the molecule is COC(=O)CC(CSCC[N+](C)(C)C)C(=O)OC. The lowest BCUT2D eigenvalue weighted by Crippen LogP contribution is -2.36. The maximum atomic E-state index is 11.5. The van der Waals surface area contributed by atoms with Crippen molar-refractivity contribution in [3.8, 4) is 0 Å². The molecule has 0 radical (unpaired) electrons. The number of carbonyl (C=O) groups is 2. The van der Waals surface area contributed by atoms with Gasteiger partial charge in [0, 0.05) is 11.5 Å². The topological polar surface area (TPSA) is 52.6 Å². The number of quaternary nitrogens is 1. The van der Waals surface area contributed by atoms with Crippen molar-refractivity contribution in [2.45, 2.75) is 6.42 Å². The van der Waals surface area contributed by atoms with Gasteiger partial charge in [-0.25, -0.2) is 0 Å². The highest BCUT2D eigenvalue weighted by atomic mass is 32.2. The largest absolute Gasteiger partial charge is 0.469 e. The van der Waals surface area contributed by atoms with Gasteiger partial charge in [0.05, 0.1) is 54.2 Å². The summed E-state index contributed by atoms with van der Waals surface area (Å²) in [6, 6.07) is 0. The molecule has 0 amide bonds. The van der Waals surface area contributed by atoms with E-state index >= 15 is 0 Å². The van der Waals surface area contributed by atoms with Gasteiger partial charge < -0.3 is 14.0 Å². The molecule has 1 unspecified atom stereocenters. The Kier molecular flexibility index (Phi) is 8.02. The molecule has 0 heterocycles. The van der Waals surface area contributed by atoms with Gasteiger partial charge in [0.15, 0.2) is 0 Å². The lowest BCUT2D eigenvalue weighted by Gasteiger charge is -2.23. The molecule has 0 spiro atoms. The highest BCUT2D eigenvalue weighted by Gasteiger charge is 2.23. The monoisotopic (exact) mass is 278 g/mol. The van der Waals surface area contributed by atoms with Crippen molar-refractivity contribution in [1.29, 1.82) is 0 Å². The summed E-state index contributed by atoms with van der Waals surface area (Å²) in [6.45, 7) is 1.01. The molecule has 0 aliphatic carbocycles. The van der Waals surface area contributed by atoms with Crippen LogP contribution < -0.4 is 0 Å². The molecule has 0 aliphatic heterocycles. The lowest BCUT2D eigenvalue weighted by atomic mass is 10.1. The number of hydrogen-bond donors (Lipinski definition) is 0. The van der Waals surface area contributed by atoms with Gasteiger partial charge in [-0.1, -0.05) is 0 Å². The van der Waals surface area contributed by atoms with Gasteiger partial charge in [-0.2, -0.15) is 11.8 Å². The third-order valence-electron chi connectivity index (χ3n) is 2.40. The van der Waals surface area contributed by atoms with E-state index in [-0.39, 0.29) is 18.4 Å². The van der Waals surface area contributed by atoms with Crippen LogP contribution in [0.5, 0.6) is 0 Å². The number of nitrogens with zero attached hydrogens (tertiary/aromatic N) is 1. The summed E-state index contributed by atoms with van der Waals surface area (Å²) in [5.41, 5.74) is 0. The minimum absolute atomic E-state index is 0.0839. The van der Waals surface area contributed by atoms with Crippen LogP contribution in [0.1, 0.15) is 6.42 Å². The Labute approximate surface area is 113 Å². The molecule has 0 fully saturated rings. The van der Waals surface area contributed by atoms with Gasteiger partial charge in [0.1, 0.15) is 0 Å². The van der Waals surface area contributed by atoms with E-state index in [0.29, 0.717) is 5.75 Å². The van der Waals surface area contributed by atoms with Gasteiger partial charge in [0.25, 0.3) is 0 Å². The summed E-state index contributed by atoms with van der Waals surface area (Å²) in [4.78, 5) is 22.7. The summed E-state index contributed by atoms with van der Waals surface area (Å²) in [7, 11) is 9.01. The van der Waals surface area contributed by atoms with Crippen molar-refractivity contribution in [3.63, 3.8) is 0 Å². The van der Waals surface area contributed by atoms with Crippen LogP contribution in [0.4, 0.5) is 0 Å². The van der Waals surface area contributed by atoms with Gasteiger partial charge in [-0.15, -0.1) is 0 Å². The third-order valence-corrected chi connectivity index (χ3v) is 3.51. The lowest BCUT2D eigenvalue weighted by molar-refractivity contribution is -0.867. The van der Waals surface area contributed by atoms with Crippen LogP contribution in [-0.2, 0) is 19.1 Å². The Morgan fingerprint density at radius 3 is 2.22 bits per heavy atom. The smallest absolute Gasteiger partial charge is 0.310 e. The Bertz CT molecular complexity index is 276. The van der Waals surface area contributed by atoms with Gasteiger partial charge in [-0.3, -0.25) is 9.59 Å². The first-order chi connectivity index (χ1) is 8.30. The van der Waals surface area contributed by atoms with Crippen molar-refractivity contribution < 1.29 is 23.5 Å². The van der Waals surface area contributed by atoms with Crippen molar-refractivity contribution in [1.82, 2.24) is 0 Å². The van der Waals surface area contributed by atoms with E-state index in [0.717, 1.165) is 16.8 Å². The number of thioether (sulfide) groups is 1. The van der Waals surface area contributed by atoms with Crippen LogP contribution in [-0.4, -0.2) is 69.8 Å². The fraction of sp³-hybridized carbons (Fsp3) is 0.833. The summed E-state index contributed by atoms with van der Waals surface area (Å²) >= 11 is 1.66. The zero-order chi connectivity index (χ0) is 14.2. The normalized spacial score (nSPS) is 12.9. The fourth-order valence-electron chi connectivity index (χ4n) is 1.23. The maximum absolute atomic E-state index is 11.5. The Balaban J connectivity index is 4.10. The van der Waals surface area contributed by atoms with Gasteiger partial charge >= 0.3 is 11.9 Å². The van der Waals surface area contributed by atoms with Crippen molar-refractivity contribution in [2.75, 3.05) is 53.4 Å². The number of hydrogen-bond acceptors (Lipinski definition) is 5. The minimum atomic E-state index is -0.417. The standard InChI is InChI=1S/C12H24NO4S/c1-13(2,3)6-7-18-9-10(12(15)17-5)8-11(14)16-4/h10H,6-9H2,1-5H3/q+1. The maximum Gasteiger partial charge on any atom is 0.310 e. The number of rotatable bonds is 8. The summed E-state index contributed by atoms with van der Waals surface area (Å²) < 4.78 is 10.2. The second-order valence-corrected chi connectivity index (χ2v) is 6.24. The van der Waals surface area contributed by atoms with Gasteiger partial charge in [-0.05, 0) is 0 Å². The molecule has 1 atom stereocenters. The van der Waals surface area contributed by atoms with Crippen LogP contribution in [0, 0.1) is 5.92 Å². The first kappa shape index (κ1) is 17.2. The third kappa shape index (κ3) is 8.36. The Morgan fingerprint density at radius 2 is 1.78 bits per heavy atom. The fourth-order valence-corrected chi connectivity index (χ4v) is 2.61. The van der Waals surface area contributed by atoms with Crippen molar-refractivity contribution >= 4 is 23.7 Å². The second kappa shape index (κ2) is 8.37. The van der Waals surface area contributed by atoms with Crippen LogP contribution in [0.15, 0.2) is 0 Å². The number of ether oxygens (including phenoxy) is 2. The van der Waals surface area contributed by atoms with E-state index in [1.165, 1.54) is 14.2 Å². The summed E-state index contributed by atoms with van der Waals surface area (Å²) in [5, 5.41) is 0. The molecule has 0 N–H and O–H groups in total. The molecule has 6 heteroatoms. The number of carbonyl (C=O) groups excluding carboxylic acids is 2. The predicted molar refractivity (Wildman–Crippen MR) is 72.4 cm³/mol. The molecule has 0 bridgehead atoms. The van der Waals surface area contributed by atoms with E-state index in [1.807, 2.05) is 0 Å². The molecule has 0 saturated heterocycles. The molecule has 0 aromatic carbocycles. The van der Waals surface area contributed by atoms with Crippen LogP contribution in [0.2, 0.25) is 0 Å². The summed E-state index contributed by atoms with van der Waals surface area (Å²) in [6.07, 6.45) is 0.0839. The molecule has 0 aliphatic rings. The highest BCUT2D eigenvalue weighted by molar-refractivity contribution is 7.99. The minimum Gasteiger partial charge on any atom is -0.469 e. The Hall–Kier alpha value is -0.750. The summed E-state index contributed by atoms with van der Waals surface area (Å²) in [5.74, 6) is 0.385. The number of esters is 2. The molecular weight excluding hydrogens is 254 g/mol. The first-order valence-corrected chi connectivity index (χ1v) is 6.98. The van der Waals surface area contributed by atoms with Crippen LogP contribution in [0.25, 0.3) is 0 Å². The van der Waals surface area contributed by atoms with E-state index in [2.05, 4.69) is 25.9 Å². The van der Waals surface area contributed by atoms with E-state index in [4.69, 9.17) is 4.74 Å². The predicted octanol–water partition coefficient (Wildman–Crippen LogP) is 0.778. The van der Waals surface area contributed by atoms with Crippen molar-refractivity contribution in [2.24, 2.45) is 5.92 Å². The van der Waals surface area contributed by atoms with Crippen molar-refractivity contribution in [3.05, 3.63) is 0 Å². The quantitative estimate of drug-likeness (QED) is 0.373. The average Bonchev–Trinajstić information content (AvgIpc) is 2.30. The van der Waals surface area contributed by atoms with Crippen LogP contribution >= 0.6 is 11.8 Å². The number of methoxy groups -OCH3 is 2. The second-order valence-electron chi connectivity index (χ2n) is 5.09. The van der Waals surface area contributed by atoms with E-state index in [1.54, 1.807) is 11.8 Å². The molecule has 0 aromatic heterocycles. The highest BCUT2D eigenvalue weighted by Crippen LogP contribution is 2.15. The molecule has 0 rings (SSSR count). The molecule has 0 saturated carbocycles. The average molecular weight is 278 g/mol. The van der Waals surface area contributed by atoms with Crippen LogP contribution in [0.3, 0.4) is 0 Å². The zero-order valence-corrected chi connectivity index (χ0v) is 12.7. The molecule has 106 valence electrons. The molecular formula is C12H24NO4S+. The molecule has 18 heavy (non-hydrogen) atoms. The van der Waals surface area contributed by atoms with E-state index < -0.39 is 5.92 Å². The van der Waals surface area contributed by atoms with E-state index in [9.17, 15) is 9.59 Å². The molecule has 0 aromatic rings. The molecule has 5 nitrogen and oxygen atoms in total. The Morgan fingerprint density at radius 1 is 1.17 bits per heavy atom. The zero-order valence-electron chi connectivity index (χ0n) is 11.9. The first-order valence-electron chi connectivity index (χ1n) is 5.83. The van der Waals surface area contributed by atoms with Gasteiger partial charge in [0.2, 0.25) is 0 Å².